The largest absolute Gasteiger partial charge is 0.449 e. The van der Waals surface area contributed by atoms with Gasteiger partial charge < -0.3 is 10.1 Å². The third kappa shape index (κ3) is 4.17. The molecule has 0 aromatic heterocycles. The van der Waals surface area contributed by atoms with Crippen molar-refractivity contribution >= 4 is 28.3 Å². The molecule has 27 heavy (non-hydrogen) atoms. The number of amides is 1. The summed E-state index contributed by atoms with van der Waals surface area (Å²) in [5.74, 6) is -0.841. The molecule has 0 spiro atoms. The Morgan fingerprint density at radius 1 is 0.889 bits per heavy atom. The fourth-order valence-electron chi connectivity index (χ4n) is 3.29. The van der Waals surface area contributed by atoms with E-state index in [1.165, 1.54) is 0 Å². The van der Waals surface area contributed by atoms with Crippen molar-refractivity contribution in [2.45, 2.75) is 33.8 Å². The third-order valence-electron chi connectivity index (χ3n) is 4.55. The van der Waals surface area contributed by atoms with Gasteiger partial charge in [0, 0.05) is 5.69 Å². The Labute approximate surface area is 159 Å². The Balaban J connectivity index is 1.70. The number of esters is 1. The van der Waals surface area contributed by atoms with Crippen molar-refractivity contribution in [3.63, 3.8) is 0 Å². The maximum Gasteiger partial charge on any atom is 0.339 e. The zero-order chi connectivity index (χ0) is 19.6. The summed E-state index contributed by atoms with van der Waals surface area (Å²) in [6.45, 7) is 7.30. The van der Waals surface area contributed by atoms with Crippen LogP contribution in [0.2, 0.25) is 0 Å². The molecule has 3 aromatic carbocycles. The molecule has 1 atom stereocenters. The van der Waals surface area contributed by atoms with Crippen LogP contribution in [0.5, 0.6) is 0 Å². The van der Waals surface area contributed by atoms with Gasteiger partial charge in [0.1, 0.15) is 0 Å². The second kappa shape index (κ2) is 7.62. The first-order valence-electron chi connectivity index (χ1n) is 8.93. The maximum atomic E-state index is 12.5. The first-order valence-corrected chi connectivity index (χ1v) is 8.93. The van der Waals surface area contributed by atoms with Crippen molar-refractivity contribution < 1.29 is 14.3 Å². The average Bonchev–Trinajstić information content (AvgIpc) is 2.60. The lowest BCUT2D eigenvalue weighted by molar-refractivity contribution is -0.123. The number of hydrogen-bond donors (Lipinski definition) is 1. The molecule has 3 aromatic rings. The first kappa shape index (κ1) is 18.6. The number of ether oxygens (including phenoxy) is 1. The van der Waals surface area contributed by atoms with Gasteiger partial charge in [-0.3, -0.25) is 4.79 Å². The number of carbonyl (C=O) groups excluding carboxylic acids is 2. The highest BCUT2D eigenvalue weighted by atomic mass is 16.5. The topological polar surface area (TPSA) is 55.4 Å². The quantitative estimate of drug-likeness (QED) is 0.669. The molecular weight excluding hydrogens is 338 g/mol. The molecule has 0 radical (unpaired) electrons. The molecule has 0 saturated heterocycles. The van der Waals surface area contributed by atoms with Gasteiger partial charge in [-0.2, -0.15) is 0 Å². The Hall–Kier alpha value is -3.14. The molecule has 1 unspecified atom stereocenters. The van der Waals surface area contributed by atoms with Gasteiger partial charge in [0.25, 0.3) is 5.91 Å². The van der Waals surface area contributed by atoms with E-state index in [0.717, 1.165) is 27.5 Å². The van der Waals surface area contributed by atoms with Gasteiger partial charge in [-0.1, -0.05) is 48.0 Å². The van der Waals surface area contributed by atoms with E-state index in [2.05, 4.69) is 5.32 Å². The number of nitrogens with one attached hydrogen (secondary N) is 1. The zero-order valence-electron chi connectivity index (χ0n) is 16.0. The standard InChI is InChI=1S/C23H23NO3/c1-14-11-15(2)21(16(3)12-14)23(26)27-17(4)22(25)24-20-10-9-18-7-5-6-8-19(18)13-20/h5-13,17H,1-4H3,(H,24,25). The number of anilines is 1. The summed E-state index contributed by atoms with van der Waals surface area (Å²) in [5, 5.41) is 4.94. The van der Waals surface area contributed by atoms with Gasteiger partial charge >= 0.3 is 5.97 Å². The van der Waals surface area contributed by atoms with Gasteiger partial charge in [-0.05, 0) is 61.7 Å². The number of aryl methyl sites for hydroxylation is 3. The molecule has 0 aliphatic rings. The summed E-state index contributed by atoms with van der Waals surface area (Å²) in [7, 11) is 0. The summed E-state index contributed by atoms with van der Waals surface area (Å²) < 4.78 is 5.41. The van der Waals surface area contributed by atoms with Crippen LogP contribution < -0.4 is 5.32 Å². The van der Waals surface area contributed by atoms with Crippen LogP contribution in [0, 0.1) is 20.8 Å². The molecule has 0 heterocycles. The minimum absolute atomic E-state index is 0.360. The Kier molecular flexibility index (Phi) is 5.26. The van der Waals surface area contributed by atoms with Crippen LogP contribution in [0.25, 0.3) is 10.8 Å². The summed E-state index contributed by atoms with van der Waals surface area (Å²) in [5.41, 5.74) is 3.97. The Morgan fingerprint density at radius 3 is 2.19 bits per heavy atom. The van der Waals surface area contributed by atoms with Crippen molar-refractivity contribution in [2.75, 3.05) is 5.32 Å². The number of rotatable bonds is 4. The molecule has 4 heteroatoms. The van der Waals surface area contributed by atoms with Crippen LogP contribution in [0.3, 0.4) is 0 Å². The van der Waals surface area contributed by atoms with Crippen molar-refractivity contribution in [3.8, 4) is 0 Å². The molecule has 0 fully saturated rings. The summed E-state index contributed by atoms with van der Waals surface area (Å²) in [6.07, 6.45) is -0.899. The lowest BCUT2D eigenvalue weighted by Crippen LogP contribution is -2.30. The van der Waals surface area contributed by atoms with Crippen molar-refractivity contribution in [2.24, 2.45) is 0 Å². The van der Waals surface area contributed by atoms with Gasteiger partial charge in [-0.15, -0.1) is 0 Å². The second-order valence-corrected chi connectivity index (χ2v) is 6.87. The number of hydrogen-bond acceptors (Lipinski definition) is 3. The van der Waals surface area contributed by atoms with Crippen LogP contribution in [0.1, 0.15) is 34.0 Å². The molecule has 0 bridgehead atoms. The predicted molar refractivity (Wildman–Crippen MR) is 108 cm³/mol. The van der Waals surface area contributed by atoms with Gasteiger partial charge in [0.05, 0.1) is 5.56 Å². The Bertz CT molecular complexity index is 1000. The van der Waals surface area contributed by atoms with Crippen LogP contribution >= 0.6 is 0 Å². The number of carbonyl (C=O) groups is 2. The fourth-order valence-corrected chi connectivity index (χ4v) is 3.29. The zero-order valence-corrected chi connectivity index (χ0v) is 16.0. The first-order chi connectivity index (χ1) is 12.8. The highest BCUT2D eigenvalue weighted by Gasteiger charge is 2.21. The predicted octanol–water partition coefficient (Wildman–Crippen LogP) is 4.95. The third-order valence-corrected chi connectivity index (χ3v) is 4.55. The molecule has 0 aliphatic carbocycles. The monoisotopic (exact) mass is 361 g/mol. The number of benzene rings is 3. The van der Waals surface area contributed by atoms with E-state index >= 15 is 0 Å². The van der Waals surface area contributed by atoms with E-state index in [9.17, 15) is 9.59 Å². The smallest absolute Gasteiger partial charge is 0.339 e. The highest BCUT2D eigenvalue weighted by Crippen LogP contribution is 2.20. The van der Waals surface area contributed by atoms with Crippen LogP contribution in [-0.2, 0) is 9.53 Å². The molecule has 4 nitrogen and oxygen atoms in total. The van der Waals surface area contributed by atoms with Gasteiger partial charge in [-0.25, -0.2) is 4.79 Å². The van der Waals surface area contributed by atoms with E-state index in [1.54, 1.807) is 6.92 Å². The molecule has 3 rings (SSSR count). The van der Waals surface area contributed by atoms with Crippen LogP contribution in [0.15, 0.2) is 54.6 Å². The maximum absolute atomic E-state index is 12.5. The van der Waals surface area contributed by atoms with Gasteiger partial charge in [0.2, 0.25) is 0 Å². The molecular formula is C23H23NO3. The fraction of sp³-hybridized carbons (Fsp3) is 0.217. The van der Waals surface area contributed by atoms with Crippen molar-refractivity contribution in [1.29, 1.82) is 0 Å². The molecule has 0 aliphatic heterocycles. The van der Waals surface area contributed by atoms with Crippen molar-refractivity contribution in [3.05, 3.63) is 76.9 Å². The van der Waals surface area contributed by atoms with Crippen LogP contribution in [-0.4, -0.2) is 18.0 Å². The van der Waals surface area contributed by atoms with Gasteiger partial charge in [0.15, 0.2) is 6.10 Å². The molecule has 1 N–H and O–H groups in total. The molecule has 138 valence electrons. The number of fused-ring (bicyclic) bond motifs is 1. The highest BCUT2D eigenvalue weighted by molar-refractivity contribution is 5.99. The van der Waals surface area contributed by atoms with E-state index < -0.39 is 12.1 Å². The summed E-state index contributed by atoms with van der Waals surface area (Å²) in [6, 6.07) is 17.5. The summed E-state index contributed by atoms with van der Waals surface area (Å²) in [4.78, 5) is 25.0. The minimum atomic E-state index is -0.899. The summed E-state index contributed by atoms with van der Waals surface area (Å²) >= 11 is 0. The lowest BCUT2D eigenvalue weighted by Gasteiger charge is -2.16. The molecule has 1 amide bonds. The Morgan fingerprint density at radius 2 is 1.52 bits per heavy atom. The normalized spacial score (nSPS) is 11.9. The van der Waals surface area contributed by atoms with E-state index in [4.69, 9.17) is 4.74 Å². The minimum Gasteiger partial charge on any atom is -0.449 e. The molecule has 0 saturated carbocycles. The van der Waals surface area contributed by atoms with Crippen LogP contribution in [0.4, 0.5) is 5.69 Å². The van der Waals surface area contributed by atoms with E-state index in [-0.39, 0.29) is 5.91 Å². The SMILES string of the molecule is Cc1cc(C)c(C(=O)OC(C)C(=O)Nc2ccc3ccccc3c2)c(C)c1. The van der Waals surface area contributed by atoms with E-state index in [1.807, 2.05) is 75.4 Å². The second-order valence-electron chi connectivity index (χ2n) is 6.87. The lowest BCUT2D eigenvalue weighted by atomic mass is 10.00. The van der Waals surface area contributed by atoms with Crippen molar-refractivity contribution in [1.82, 2.24) is 0 Å². The average molecular weight is 361 g/mol. The van der Waals surface area contributed by atoms with E-state index in [0.29, 0.717) is 11.3 Å².